The van der Waals surface area contributed by atoms with E-state index in [1.54, 1.807) is 12.1 Å². The Labute approximate surface area is 94.8 Å². The second-order valence-corrected chi connectivity index (χ2v) is 3.85. The molecule has 2 rings (SSSR count). The van der Waals surface area contributed by atoms with E-state index in [1.165, 1.54) is 17.7 Å². The van der Waals surface area contributed by atoms with Crippen molar-refractivity contribution < 1.29 is 4.39 Å². The van der Waals surface area contributed by atoms with E-state index in [9.17, 15) is 4.39 Å². The number of allylic oxidation sites excluding steroid dienone is 1. The van der Waals surface area contributed by atoms with Crippen molar-refractivity contribution in [1.82, 2.24) is 4.57 Å². The van der Waals surface area contributed by atoms with Crippen LogP contribution in [0.4, 0.5) is 4.39 Å². The fraction of sp³-hybridized carbons (Fsp3) is 0.143. The molecule has 0 radical (unpaired) electrons. The van der Waals surface area contributed by atoms with Crippen LogP contribution in [0.5, 0.6) is 0 Å². The highest BCUT2D eigenvalue weighted by atomic mass is 19.1. The standard InChI is InChI=1S/C14H14FN/c1-3-8-16-9-11(2)14(10-16)12-4-6-13(15)7-5-12/h3-7,9-10H,1,8H2,2H3. The van der Waals surface area contributed by atoms with Gasteiger partial charge in [-0.25, -0.2) is 4.39 Å². The third-order valence-electron chi connectivity index (χ3n) is 2.57. The first-order chi connectivity index (χ1) is 7.70. The number of rotatable bonds is 3. The van der Waals surface area contributed by atoms with Crippen LogP contribution in [-0.2, 0) is 6.54 Å². The third kappa shape index (κ3) is 2.06. The van der Waals surface area contributed by atoms with Crippen molar-refractivity contribution in [2.24, 2.45) is 0 Å². The number of hydrogen-bond acceptors (Lipinski definition) is 0. The van der Waals surface area contributed by atoms with Gasteiger partial charge in [0.1, 0.15) is 5.82 Å². The number of aromatic nitrogens is 1. The summed E-state index contributed by atoms with van der Waals surface area (Å²) in [4.78, 5) is 0. The van der Waals surface area contributed by atoms with E-state index in [0.717, 1.165) is 17.7 Å². The molecule has 16 heavy (non-hydrogen) atoms. The van der Waals surface area contributed by atoms with Gasteiger partial charge in [0, 0.05) is 24.5 Å². The van der Waals surface area contributed by atoms with Gasteiger partial charge in [0.15, 0.2) is 0 Å². The molecule has 0 saturated carbocycles. The lowest BCUT2D eigenvalue weighted by Gasteiger charge is -1.99. The molecule has 0 atom stereocenters. The summed E-state index contributed by atoms with van der Waals surface area (Å²) < 4.78 is 14.9. The van der Waals surface area contributed by atoms with E-state index in [0.29, 0.717) is 0 Å². The molecule has 0 saturated heterocycles. The highest BCUT2D eigenvalue weighted by molar-refractivity contribution is 5.66. The van der Waals surface area contributed by atoms with Crippen LogP contribution < -0.4 is 0 Å². The van der Waals surface area contributed by atoms with Crippen molar-refractivity contribution in [3.05, 3.63) is 60.7 Å². The number of hydrogen-bond donors (Lipinski definition) is 0. The first kappa shape index (κ1) is 10.7. The van der Waals surface area contributed by atoms with Crippen molar-refractivity contribution in [1.29, 1.82) is 0 Å². The molecule has 0 spiro atoms. The molecule has 0 amide bonds. The van der Waals surface area contributed by atoms with Gasteiger partial charge in [-0.15, -0.1) is 6.58 Å². The quantitative estimate of drug-likeness (QED) is 0.686. The summed E-state index contributed by atoms with van der Waals surface area (Å²) >= 11 is 0. The molecule has 1 heterocycles. The first-order valence-corrected chi connectivity index (χ1v) is 5.24. The average molecular weight is 215 g/mol. The molecule has 0 unspecified atom stereocenters. The Morgan fingerprint density at radius 3 is 2.56 bits per heavy atom. The van der Waals surface area contributed by atoms with Crippen molar-refractivity contribution in [2.45, 2.75) is 13.5 Å². The molecule has 2 aromatic rings. The predicted molar refractivity (Wildman–Crippen MR) is 64.8 cm³/mol. The van der Waals surface area contributed by atoms with E-state index < -0.39 is 0 Å². The Kier molecular flexibility index (Phi) is 2.91. The van der Waals surface area contributed by atoms with E-state index in [1.807, 2.05) is 6.08 Å². The minimum atomic E-state index is -0.202. The van der Waals surface area contributed by atoms with E-state index in [-0.39, 0.29) is 5.82 Å². The van der Waals surface area contributed by atoms with Gasteiger partial charge in [0.2, 0.25) is 0 Å². The first-order valence-electron chi connectivity index (χ1n) is 5.24. The van der Waals surface area contributed by atoms with Crippen molar-refractivity contribution in [2.75, 3.05) is 0 Å². The molecule has 1 aromatic heterocycles. The molecule has 0 bridgehead atoms. The molecule has 1 nitrogen and oxygen atoms in total. The fourth-order valence-electron chi connectivity index (χ4n) is 1.81. The van der Waals surface area contributed by atoms with Crippen LogP contribution in [0.1, 0.15) is 5.56 Å². The van der Waals surface area contributed by atoms with Gasteiger partial charge in [0.05, 0.1) is 0 Å². The molecule has 0 N–H and O–H groups in total. The molecule has 2 heteroatoms. The van der Waals surface area contributed by atoms with Crippen LogP contribution in [0.3, 0.4) is 0 Å². The number of benzene rings is 1. The summed E-state index contributed by atoms with van der Waals surface area (Å²) in [5, 5.41) is 0. The molecular formula is C14H14FN. The van der Waals surface area contributed by atoms with Crippen LogP contribution in [0.2, 0.25) is 0 Å². The highest BCUT2D eigenvalue weighted by Gasteiger charge is 2.04. The second-order valence-electron chi connectivity index (χ2n) is 3.85. The van der Waals surface area contributed by atoms with Crippen LogP contribution in [-0.4, -0.2) is 4.57 Å². The fourth-order valence-corrected chi connectivity index (χ4v) is 1.81. The minimum Gasteiger partial charge on any atom is -0.350 e. The Bertz CT molecular complexity index is 494. The molecule has 1 aromatic carbocycles. The van der Waals surface area contributed by atoms with Gasteiger partial charge >= 0.3 is 0 Å². The van der Waals surface area contributed by atoms with Gasteiger partial charge < -0.3 is 4.57 Å². The van der Waals surface area contributed by atoms with Crippen LogP contribution in [0.25, 0.3) is 11.1 Å². The maximum Gasteiger partial charge on any atom is 0.123 e. The van der Waals surface area contributed by atoms with Gasteiger partial charge in [-0.1, -0.05) is 18.2 Å². The Balaban J connectivity index is 2.39. The molecule has 0 fully saturated rings. The number of aryl methyl sites for hydroxylation is 1. The van der Waals surface area contributed by atoms with Gasteiger partial charge in [-0.2, -0.15) is 0 Å². The topological polar surface area (TPSA) is 4.93 Å². The summed E-state index contributed by atoms with van der Waals surface area (Å²) in [7, 11) is 0. The van der Waals surface area contributed by atoms with Crippen molar-refractivity contribution in [3.63, 3.8) is 0 Å². The molecule has 0 aliphatic heterocycles. The molecule has 0 aliphatic carbocycles. The maximum absolute atomic E-state index is 12.8. The molecule has 82 valence electrons. The summed E-state index contributed by atoms with van der Waals surface area (Å²) in [6.45, 7) is 6.56. The minimum absolute atomic E-state index is 0.202. The van der Waals surface area contributed by atoms with E-state index in [2.05, 4.69) is 30.5 Å². The van der Waals surface area contributed by atoms with Crippen molar-refractivity contribution in [3.8, 4) is 11.1 Å². The largest absolute Gasteiger partial charge is 0.350 e. The zero-order chi connectivity index (χ0) is 11.5. The van der Waals surface area contributed by atoms with Gasteiger partial charge in [-0.3, -0.25) is 0 Å². The summed E-state index contributed by atoms with van der Waals surface area (Å²) in [6.07, 6.45) is 5.98. The van der Waals surface area contributed by atoms with Crippen molar-refractivity contribution >= 4 is 0 Å². The number of nitrogens with zero attached hydrogens (tertiary/aromatic N) is 1. The lowest BCUT2D eigenvalue weighted by Crippen LogP contribution is -1.88. The Hall–Kier alpha value is -1.83. The smallest absolute Gasteiger partial charge is 0.123 e. The zero-order valence-electron chi connectivity index (χ0n) is 9.28. The monoisotopic (exact) mass is 215 g/mol. The Morgan fingerprint density at radius 1 is 1.25 bits per heavy atom. The maximum atomic E-state index is 12.8. The summed E-state index contributed by atoms with van der Waals surface area (Å²) in [5.41, 5.74) is 3.37. The lowest BCUT2D eigenvalue weighted by molar-refractivity contribution is 0.628. The molecular weight excluding hydrogens is 201 g/mol. The Morgan fingerprint density at radius 2 is 1.94 bits per heavy atom. The third-order valence-corrected chi connectivity index (χ3v) is 2.57. The van der Waals surface area contributed by atoms with E-state index in [4.69, 9.17) is 0 Å². The number of halogens is 1. The summed E-state index contributed by atoms with van der Waals surface area (Å²) in [5.74, 6) is -0.202. The van der Waals surface area contributed by atoms with Crippen LogP contribution in [0.15, 0.2) is 49.3 Å². The van der Waals surface area contributed by atoms with Crippen LogP contribution >= 0.6 is 0 Å². The highest BCUT2D eigenvalue weighted by Crippen LogP contribution is 2.24. The predicted octanol–water partition coefficient (Wildman–Crippen LogP) is 3.79. The van der Waals surface area contributed by atoms with E-state index >= 15 is 0 Å². The van der Waals surface area contributed by atoms with Gasteiger partial charge in [0.25, 0.3) is 0 Å². The lowest BCUT2D eigenvalue weighted by atomic mass is 10.1. The average Bonchev–Trinajstić information content (AvgIpc) is 2.61. The molecule has 0 aliphatic rings. The zero-order valence-corrected chi connectivity index (χ0v) is 9.28. The second kappa shape index (κ2) is 4.35. The SMILES string of the molecule is C=CCn1cc(C)c(-c2ccc(F)cc2)c1. The normalized spacial score (nSPS) is 10.4. The summed E-state index contributed by atoms with van der Waals surface area (Å²) in [6, 6.07) is 6.57. The van der Waals surface area contributed by atoms with Crippen LogP contribution in [0, 0.1) is 12.7 Å². The van der Waals surface area contributed by atoms with Gasteiger partial charge in [-0.05, 0) is 30.2 Å².